The molecule has 1 atom stereocenters. The maximum Gasteiger partial charge on any atom is 0.234 e. The van der Waals surface area contributed by atoms with Gasteiger partial charge in [-0.15, -0.1) is 0 Å². The second kappa shape index (κ2) is 11.4. The van der Waals surface area contributed by atoms with Crippen LogP contribution in [0, 0.1) is 5.92 Å². The summed E-state index contributed by atoms with van der Waals surface area (Å²) in [6.07, 6.45) is 3.01. The first-order chi connectivity index (χ1) is 17.9. The third kappa shape index (κ3) is 6.76. The smallest absolute Gasteiger partial charge is 0.234 e. The quantitative estimate of drug-likeness (QED) is 0.326. The van der Waals surface area contributed by atoms with Crippen LogP contribution in [0.3, 0.4) is 0 Å². The van der Waals surface area contributed by atoms with Crippen LogP contribution in [0.15, 0.2) is 70.5 Å². The van der Waals surface area contributed by atoms with E-state index < -0.39 is 25.6 Å². The zero-order chi connectivity index (χ0) is 27.7. The number of ether oxygens (including phenoxy) is 1. The summed E-state index contributed by atoms with van der Waals surface area (Å²) in [5.41, 5.74) is 2.10. The lowest BCUT2D eigenvalue weighted by Crippen LogP contribution is -2.25. The lowest BCUT2D eigenvalue weighted by atomic mass is 9.99. The van der Waals surface area contributed by atoms with Gasteiger partial charge < -0.3 is 10.1 Å². The summed E-state index contributed by atoms with van der Waals surface area (Å²) < 4.78 is 53.9. The number of amides is 1. The second-order valence-electron chi connectivity index (χ2n) is 9.40. The average Bonchev–Trinajstić information content (AvgIpc) is 3.65. The zero-order valence-electron chi connectivity index (χ0n) is 20.8. The Bertz CT molecular complexity index is 1530. The van der Waals surface area contributed by atoms with Crippen molar-refractivity contribution in [3.63, 3.8) is 0 Å². The largest absolute Gasteiger partial charge is 0.384 e. The molecule has 202 valence electrons. The Kier molecular flexibility index (Phi) is 8.54. The van der Waals surface area contributed by atoms with Crippen molar-refractivity contribution in [3.05, 3.63) is 76.3 Å². The summed E-state index contributed by atoms with van der Waals surface area (Å²) in [6.45, 7) is 0.0756. The van der Waals surface area contributed by atoms with Gasteiger partial charge in [0.1, 0.15) is 0 Å². The van der Waals surface area contributed by atoms with Crippen LogP contribution in [-0.2, 0) is 29.2 Å². The molecule has 0 aromatic heterocycles. The number of methoxy groups -OCH3 is 1. The van der Waals surface area contributed by atoms with Gasteiger partial charge in [-0.2, -0.15) is 0 Å². The topological polar surface area (TPSA) is 107 Å². The molecule has 0 heterocycles. The average molecular weight is 597 g/mol. The van der Waals surface area contributed by atoms with Crippen LogP contribution in [0.2, 0.25) is 10.0 Å². The number of hydrogen-bond acceptors (Lipinski definition) is 6. The van der Waals surface area contributed by atoms with Crippen molar-refractivity contribution in [1.82, 2.24) is 0 Å². The molecule has 1 fully saturated rings. The molecule has 0 radical (unpaired) electrons. The first kappa shape index (κ1) is 28.6. The Balaban J connectivity index is 1.53. The third-order valence-electron chi connectivity index (χ3n) is 6.32. The number of carbonyl (C=O) groups excluding carboxylic acids is 1. The van der Waals surface area contributed by atoms with E-state index in [2.05, 4.69) is 5.32 Å². The van der Waals surface area contributed by atoms with E-state index >= 15 is 0 Å². The molecule has 0 spiro atoms. The molecule has 1 saturated carbocycles. The molecule has 3 aromatic rings. The Morgan fingerprint density at radius 3 is 2.00 bits per heavy atom. The van der Waals surface area contributed by atoms with E-state index in [1.165, 1.54) is 31.4 Å². The Hall–Kier alpha value is -2.43. The Morgan fingerprint density at radius 2 is 1.50 bits per heavy atom. The number of nitrogens with one attached hydrogen (secondary N) is 1. The minimum absolute atomic E-state index is 0.0756. The molecule has 0 bridgehead atoms. The van der Waals surface area contributed by atoms with Crippen molar-refractivity contribution < 1.29 is 26.4 Å². The zero-order valence-corrected chi connectivity index (χ0v) is 23.9. The van der Waals surface area contributed by atoms with E-state index in [1.807, 2.05) is 0 Å². The number of carbonyl (C=O) groups is 1. The van der Waals surface area contributed by atoms with Crippen LogP contribution >= 0.6 is 23.2 Å². The minimum atomic E-state index is -3.36. The highest BCUT2D eigenvalue weighted by atomic mass is 35.5. The molecule has 0 saturated heterocycles. The molecular formula is C27H27Cl2NO6S2. The number of sulfone groups is 2. The van der Waals surface area contributed by atoms with Crippen LogP contribution in [0.4, 0.5) is 5.69 Å². The summed E-state index contributed by atoms with van der Waals surface area (Å²) >= 11 is 13.0. The number of benzene rings is 3. The molecule has 38 heavy (non-hydrogen) atoms. The van der Waals surface area contributed by atoms with E-state index in [-0.39, 0.29) is 44.0 Å². The molecule has 7 nitrogen and oxygen atoms in total. The number of hydrogen-bond donors (Lipinski definition) is 1. The molecule has 1 aliphatic rings. The third-order valence-corrected chi connectivity index (χ3v) is 9.95. The first-order valence-electron chi connectivity index (χ1n) is 11.8. The fourth-order valence-electron chi connectivity index (χ4n) is 4.11. The SMILES string of the molecule is COCC(C(=O)Nc1cc(Cl)c(-c2ccc(S(C)(=O)=O)cc2)c(Cl)c1)c1ccc(S(=O)(=O)CC2CC2)cc1. The monoisotopic (exact) mass is 595 g/mol. The maximum absolute atomic E-state index is 13.2. The molecule has 0 aliphatic heterocycles. The molecule has 3 aromatic carbocycles. The van der Waals surface area contributed by atoms with Crippen LogP contribution < -0.4 is 5.32 Å². The van der Waals surface area contributed by atoms with E-state index in [4.69, 9.17) is 27.9 Å². The minimum Gasteiger partial charge on any atom is -0.384 e. The number of halogens is 2. The standard InChI is InChI=1S/C27H27Cl2NO6S2/c1-36-15-23(18-5-11-22(12-6-18)38(34,35)16-17-3-4-17)27(31)30-20-13-24(28)26(25(29)14-20)19-7-9-21(10-8-19)37(2,32)33/h5-14,17,23H,3-4,15-16H2,1-2H3,(H,30,31). The maximum atomic E-state index is 13.2. The van der Waals surface area contributed by atoms with Crippen LogP contribution in [-0.4, -0.2) is 48.5 Å². The summed E-state index contributed by atoms with van der Waals surface area (Å²) in [5, 5.41) is 3.35. The van der Waals surface area contributed by atoms with E-state index in [1.54, 1.807) is 36.4 Å². The molecule has 11 heteroatoms. The molecule has 1 aliphatic carbocycles. The predicted molar refractivity (Wildman–Crippen MR) is 149 cm³/mol. The van der Waals surface area contributed by atoms with Crippen LogP contribution in [0.5, 0.6) is 0 Å². The van der Waals surface area contributed by atoms with Gasteiger partial charge in [-0.05, 0) is 66.3 Å². The van der Waals surface area contributed by atoms with E-state index in [0.29, 0.717) is 22.4 Å². The van der Waals surface area contributed by atoms with Gasteiger partial charge in [-0.1, -0.05) is 47.5 Å². The van der Waals surface area contributed by atoms with E-state index in [0.717, 1.165) is 19.1 Å². The molecule has 1 N–H and O–H groups in total. The molecule has 1 unspecified atom stereocenters. The lowest BCUT2D eigenvalue weighted by molar-refractivity contribution is -0.118. The van der Waals surface area contributed by atoms with Crippen molar-refractivity contribution >= 4 is 54.5 Å². The van der Waals surface area contributed by atoms with Gasteiger partial charge >= 0.3 is 0 Å². The Labute approximate surface area is 233 Å². The van der Waals surface area contributed by atoms with Crippen molar-refractivity contribution in [2.75, 3.05) is 31.0 Å². The van der Waals surface area contributed by atoms with Gasteiger partial charge in [-0.25, -0.2) is 16.8 Å². The second-order valence-corrected chi connectivity index (χ2v) is 14.3. The highest BCUT2D eigenvalue weighted by Gasteiger charge is 2.29. The van der Waals surface area contributed by atoms with Crippen molar-refractivity contribution in [1.29, 1.82) is 0 Å². The van der Waals surface area contributed by atoms with Gasteiger partial charge in [0.25, 0.3) is 0 Å². The van der Waals surface area contributed by atoms with Crippen LogP contribution in [0.25, 0.3) is 11.1 Å². The summed E-state index contributed by atoms with van der Waals surface area (Å²) in [5.74, 6) is -0.699. The van der Waals surface area contributed by atoms with Gasteiger partial charge in [0.15, 0.2) is 19.7 Å². The summed E-state index contributed by atoms with van der Waals surface area (Å²) in [4.78, 5) is 13.6. The summed E-state index contributed by atoms with van der Waals surface area (Å²) in [6, 6.07) is 15.6. The highest BCUT2D eigenvalue weighted by molar-refractivity contribution is 7.91. The van der Waals surface area contributed by atoms with Crippen LogP contribution in [0.1, 0.15) is 24.3 Å². The predicted octanol–water partition coefficient (Wildman–Crippen LogP) is 5.62. The fourth-order valence-corrected chi connectivity index (χ4v) is 7.14. The van der Waals surface area contributed by atoms with Gasteiger partial charge in [0.2, 0.25) is 5.91 Å². The van der Waals surface area contributed by atoms with Gasteiger partial charge in [0.05, 0.1) is 38.1 Å². The highest BCUT2D eigenvalue weighted by Crippen LogP contribution is 2.38. The Morgan fingerprint density at radius 1 is 0.947 bits per heavy atom. The molecule has 4 rings (SSSR count). The summed E-state index contributed by atoms with van der Waals surface area (Å²) in [7, 11) is -5.22. The van der Waals surface area contributed by atoms with E-state index in [9.17, 15) is 21.6 Å². The molecular weight excluding hydrogens is 569 g/mol. The number of anilines is 1. The van der Waals surface area contributed by atoms with Crippen molar-refractivity contribution in [3.8, 4) is 11.1 Å². The van der Waals surface area contributed by atoms with Gasteiger partial charge in [-0.3, -0.25) is 4.79 Å². The normalized spacial score (nSPS) is 14.7. The lowest BCUT2D eigenvalue weighted by Gasteiger charge is -2.18. The number of rotatable bonds is 10. The fraction of sp³-hybridized carbons (Fsp3) is 0.296. The molecule has 1 amide bonds. The van der Waals surface area contributed by atoms with Crippen molar-refractivity contribution in [2.45, 2.75) is 28.6 Å². The van der Waals surface area contributed by atoms with Gasteiger partial charge in [0, 0.05) is 24.6 Å². The van der Waals surface area contributed by atoms with Crippen molar-refractivity contribution in [2.24, 2.45) is 5.92 Å². The first-order valence-corrected chi connectivity index (χ1v) is 16.1.